The molecule has 0 atom stereocenters. The number of rotatable bonds is 3. The molecule has 86 valence electrons. The van der Waals surface area contributed by atoms with E-state index in [0.717, 1.165) is 11.3 Å². The van der Waals surface area contributed by atoms with Crippen molar-refractivity contribution in [3.05, 3.63) is 51.4 Å². The van der Waals surface area contributed by atoms with Gasteiger partial charge in [0, 0.05) is 12.3 Å². The minimum Gasteiger partial charge on any atom is -0.506 e. The molecule has 1 aromatic carbocycles. The van der Waals surface area contributed by atoms with Crippen LogP contribution in [0.2, 0.25) is 0 Å². The van der Waals surface area contributed by atoms with E-state index in [4.69, 9.17) is 0 Å². The van der Waals surface area contributed by atoms with Crippen LogP contribution in [-0.4, -0.2) is 16.2 Å². The van der Waals surface area contributed by atoms with Gasteiger partial charge in [0.15, 0.2) is 0 Å². The molecule has 0 bridgehead atoms. The Balaban J connectivity index is 2.20. The molecule has 17 heavy (non-hydrogen) atoms. The maximum absolute atomic E-state index is 10.5. The maximum Gasteiger partial charge on any atom is 0.324 e. The molecule has 0 amide bonds. The molecular formula is C11H8N2O3S. The fourth-order valence-corrected chi connectivity index (χ4v) is 1.91. The van der Waals surface area contributed by atoms with Crippen LogP contribution in [0.15, 0.2) is 41.4 Å². The van der Waals surface area contributed by atoms with Gasteiger partial charge < -0.3 is 5.11 Å². The Labute approximate surface area is 101 Å². The minimum absolute atomic E-state index is 0.0729. The second-order valence-electron chi connectivity index (χ2n) is 3.18. The molecule has 1 heterocycles. The Morgan fingerprint density at radius 3 is 2.71 bits per heavy atom. The normalized spacial score (nSPS) is 10.8. The molecule has 0 unspecified atom stereocenters. The second-order valence-corrected chi connectivity index (χ2v) is 4.27. The third kappa shape index (κ3) is 2.67. The molecule has 0 radical (unpaired) electrons. The summed E-state index contributed by atoms with van der Waals surface area (Å²) >= 11 is 1.04. The summed E-state index contributed by atoms with van der Waals surface area (Å²) < 4.78 is 0. The lowest BCUT2D eigenvalue weighted by Gasteiger charge is -1.95. The first kappa shape index (κ1) is 11.3. The summed E-state index contributed by atoms with van der Waals surface area (Å²) in [5.41, 5.74) is 0.434. The molecule has 5 nitrogen and oxygen atoms in total. The van der Waals surface area contributed by atoms with Crippen molar-refractivity contribution in [1.29, 1.82) is 0 Å². The van der Waals surface area contributed by atoms with Gasteiger partial charge in [-0.05, 0) is 18.2 Å². The summed E-state index contributed by atoms with van der Waals surface area (Å²) in [6.07, 6.45) is 1.49. The van der Waals surface area contributed by atoms with E-state index in [1.54, 1.807) is 24.3 Å². The van der Waals surface area contributed by atoms with Crippen molar-refractivity contribution in [2.45, 2.75) is 0 Å². The zero-order chi connectivity index (χ0) is 12.3. The van der Waals surface area contributed by atoms with Crippen molar-refractivity contribution in [2.24, 2.45) is 4.99 Å². The molecule has 1 N–H and O–H groups in total. The molecule has 2 aromatic rings. The number of hydrogen-bond donors (Lipinski definition) is 1. The quantitative estimate of drug-likeness (QED) is 0.515. The van der Waals surface area contributed by atoms with E-state index in [-0.39, 0.29) is 10.8 Å². The maximum atomic E-state index is 10.5. The average Bonchev–Trinajstić information content (AvgIpc) is 2.77. The molecule has 0 aliphatic heterocycles. The van der Waals surface area contributed by atoms with Gasteiger partial charge in [-0.15, -0.1) is 0 Å². The van der Waals surface area contributed by atoms with Crippen LogP contribution >= 0.6 is 11.3 Å². The largest absolute Gasteiger partial charge is 0.506 e. The lowest BCUT2D eigenvalue weighted by atomic mass is 10.3. The zero-order valence-corrected chi connectivity index (χ0v) is 9.42. The van der Waals surface area contributed by atoms with Gasteiger partial charge in [0.2, 0.25) is 0 Å². The topological polar surface area (TPSA) is 75.7 Å². The number of para-hydroxylation sites is 2. The van der Waals surface area contributed by atoms with Crippen LogP contribution in [-0.2, 0) is 0 Å². The molecular weight excluding hydrogens is 240 g/mol. The molecule has 0 aliphatic carbocycles. The number of benzene rings is 1. The summed E-state index contributed by atoms with van der Waals surface area (Å²) in [5, 5.41) is 20.0. The second kappa shape index (κ2) is 4.75. The van der Waals surface area contributed by atoms with Crippen LogP contribution in [0.3, 0.4) is 0 Å². The first-order valence-electron chi connectivity index (χ1n) is 4.73. The van der Waals surface area contributed by atoms with Crippen LogP contribution in [0.5, 0.6) is 5.75 Å². The molecule has 6 heteroatoms. The van der Waals surface area contributed by atoms with E-state index in [9.17, 15) is 15.2 Å². The van der Waals surface area contributed by atoms with Crippen molar-refractivity contribution >= 4 is 28.2 Å². The third-order valence-corrected chi connectivity index (χ3v) is 2.98. The summed E-state index contributed by atoms with van der Waals surface area (Å²) in [7, 11) is 0. The van der Waals surface area contributed by atoms with Gasteiger partial charge in [-0.3, -0.25) is 15.1 Å². The number of aliphatic imine (C=N–C) groups is 1. The van der Waals surface area contributed by atoms with Gasteiger partial charge in [0.25, 0.3) is 0 Å². The third-order valence-electron chi connectivity index (χ3n) is 2.01. The molecule has 0 fully saturated rings. The average molecular weight is 248 g/mol. The first-order valence-corrected chi connectivity index (χ1v) is 5.55. The van der Waals surface area contributed by atoms with E-state index in [1.165, 1.54) is 18.3 Å². The summed E-state index contributed by atoms with van der Waals surface area (Å²) in [4.78, 5) is 14.8. The highest BCUT2D eigenvalue weighted by Gasteiger charge is 2.08. The monoisotopic (exact) mass is 248 g/mol. The Morgan fingerprint density at radius 2 is 2.06 bits per heavy atom. The first-order chi connectivity index (χ1) is 8.16. The van der Waals surface area contributed by atoms with Gasteiger partial charge in [-0.2, -0.15) is 0 Å². The molecule has 2 rings (SSSR count). The van der Waals surface area contributed by atoms with E-state index in [2.05, 4.69) is 4.99 Å². The van der Waals surface area contributed by atoms with Gasteiger partial charge in [0.1, 0.15) is 11.4 Å². The number of nitrogens with zero attached hydrogens (tertiary/aromatic N) is 2. The van der Waals surface area contributed by atoms with Crippen molar-refractivity contribution < 1.29 is 10.0 Å². The lowest BCUT2D eigenvalue weighted by Crippen LogP contribution is -1.80. The standard InChI is InChI=1S/C11H8N2O3S/c14-10-4-2-1-3-9(10)12-7-8-5-6-11(17-8)13(15)16/h1-7,14H/b12-7+. The van der Waals surface area contributed by atoms with Crippen molar-refractivity contribution in [1.82, 2.24) is 0 Å². The summed E-state index contributed by atoms with van der Waals surface area (Å²) in [6.45, 7) is 0. The van der Waals surface area contributed by atoms with Gasteiger partial charge in [0.05, 0.1) is 9.80 Å². The minimum atomic E-state index is -0.442. The highest BCUT2D eigenvalue weighted by Crippen LogP contribution is 2.26. The fraction of sp³-hybridized carbons (Fsp3) is 0. The fourth-order valence-electron chi connectivity index (χ4n) is 1.22. The van der Waals surface area contributed by atoms with E-state index >= 15 is 0 Å². The summed E-state index contributed by atoms with van der Waals surface area (Å²) in [6, 6.07) is 9.69. The smallest absolute Gasteiger partial charge is 0.324 e. The summed E-state index contributed by atoms with van der Waals surface area (Å²) in [5.74, 6) is 0.0785. The molecule has 0 saturated heterocycles. The predicted octanol–water partition coefficient (Wildman–Crippen LogP) is 3.11. The number of aromatic hydroxyl groups is 1. The van der Waals surface area contributed by atoms with Gasteiger partial charge >= 0.3 is 5.00 Å². The Hall–Kier alpha value is -2.21. The highest BCUT2D eigenvalue weighted by molar-refractivity contribution is 7.16. The van der Waals surface area contributed by atoms with E-state index < -0.39 is 4.92 Å². The van der Waals surface area contributed by atoms with E-state index in [0.29, 0.717) is 10.6 Å². The van der Waals surface area contributed by atoms with Crippen LogP contribution in [0.25, 0.3) is 0 Å². The predicted molar refractivity (Wildman–Crippen MR) is 66.3 cm³/mol. The molecule has 0 saturated carbocycles. The number of phenolic OH excluding ortho intramolecular Hbond substituents is 1. The molecule has 0 aliphatic rings. The van der Waals surface area contributed by atoms with Crippen molar-refractivity contribution in [3.63, 3.8) is 0 Å². The SMILES string of the molecule is O=[N+]([O-])c1ccc(/C=N/c2ccccc2O)s1. The molecule has 1 aromatic heterocycles. The van der Waals surface area contributed by atoms with Gasteiger partial charge in [-0.1, -0.05) is 23.5 Å². The number of phenols is 1. The lowest BCUT2D eigenvalue weighted by molar-refractivity contribution is -0.380. The number of thiophene rings is 1. The Kier molecular flexibility index (Phi) is 3.15. The van der Waals surface area contributed by atoms with Crippen LogP contribution in [0, 0.1) is 10.1 Å². The van der Waals surface area contributed by atoms with E-state index in [1.807, 2.05) is 0 Å². The van der Waals surface area contributed by atoms with Crippen LogP contribution in [0.4, 0.5) is 10.7 Å². The van der Waals surface area contributed by atoms with Crippen molar-refractivity contribution in [3.8, 4) is 5.75 Å². The van der Waals surface area contributed by atoms with Crippen LogP contribution in [0.1, 0.15) is 4.88 Å². The molecule has 0 spiro atoms. The number of hydrogen-bond acceptors (Lipinski definition) is 5. The van der Waals surface area contributed by atoms with Crippen molar-refractivity contribution in [2.75, 3.05) is 0 Å². The highest BCUT2D eigenvalue weighted by atomic mass is 32.1. The Morgan fingerprint density at radius 1 is 1.29 bits per heavy atom. The van der Waals surface area contributed by atoms with Crippen LogP contribution < -0.4 is 0 Å². The van der Waals surface area contributed by atoms with Gasteiger partial charge in [-0.25, -0.2) is 0 Å². The number of nitro groups is 1. The zero-order valence-electron chi connectivity index (χ0n) is 8.61. The Bertz CT molecular complexity index is 578.